The van der Waals surface area contributed by atoms with E-state index in [0.29, 0.717) is 28.8 Å². The van der Waals surface area contributed by atoms with E-state index < -0.39 is 5.54 Å². The summed E-state index contributed by atoms with van der Waals surface area (Å²) in [6.07, 6.45) is 1.72. The average Bonchev–Trinajstić information content (AvgIpc) is 3.49. The Morgan fingerprint density at radius 3 is 2.59 bits per heavy atom. The summed E-state index contributed by atoms with van der Waals surface area (Å²) in [4.78, 5) is 19.3. The van der Waals surface area contributed by atoms with Crippen LogP contribution in [0.5, 0.6) is 0 Å². The number of halogens is 1. The highest BCUT2D eigenvalue weighted by molar-refractivity contribution is 6.31. The Kier molecular flexibility index (Phi) is 5.74. The van der Waals surface area contributed by atoms with Crippen molar-refractivity contribution in [3.05, 3.63) is 94.3 Å². The van der Waals surface area contributed by atoms with E-state index in [9.17, 15) is 4.79 Å². The molecule has 1 fully saturated rings. The van der Waals surface area contributed by atoms with Gasteiger partial charge in [-0.2, -0.15) is 0 Å². The van der Waals surface area contributed by atoms with Gasteiger partial charge in [-0.15, -0.1) is 10.2 Å². The molecule has 172 valence electrons. The Labute approximate surface area is 204 Å². The summed E-state index contributed by atoms with van der Waals surface area (Å²) < 4.78 is 0. The summed E-state index contributed by atoms with van der Waals surface area (Å²) in [6, 6.07) is 21.9. The topological polar surface area (TPSA) is 61.9 Å². The zero-order valence-corrected chi connectivity index (χ0v) is 20.4. The molecular formula is C28H27ClN4O. The molecule has 1 aliphatic rings. The van der Waals surface area contributed by atoms with Gasteiger partial charge in [0.1, 0.15) is 5.54 Å². The summed E-state index contributed by atoms with van der Waals surface area (Å²) in [5, 5.41) is 9.60. The van der Waals surface area contributed by atoms with Crippen LogP contribution in [-0.2, 0) is 5.54 Å². The van der Waals surface area contributed by atoms with Gasteiger partial charge in [0, 0.05) is 22.7 Å². The molecule has 0 radical (unpaired) electrons. The van der Waals surface area contributed by atoms with Gasteiger partial charge >= 0.3 is 0 Å². The third kappa shape index (κ3) is 3.80. The monoisotopic (exact) mass is 470 g/mol. The zero-order valence-electron chi connectivity index (χ0n) is 19.6. The van der Waals surface area contributed by atoms with E-state index in [4.69, 9.17) is 11.6 Å². The predicted octanol–water partition coefficient (Wildman–Crippen LogP) is 6.56. The minimum Gasteiger partial charge on any atom is -0.326 e. The fourth-order valence-corrected chi connectivity index (χ4v) is 5.05. The Hall–Kier alpha value is -3.44. The maximum atomic E-state index is 14.0. The van der Waals surface area contributed by atoms with Crippen LogP contribution in [0.25, 0.3) is 22.5 Å². The third-order valence-electron chi connectivity index (χ3n) is 6.90. The zero-order chi connectivity index (χ0) is 23.9. The van der Waals surface area contributed by atoms with Crippen LogP contribution in [0.1, 0.15) is 47.1 Å². The number of hydrogen-bond acceptors (Lipinski definition) is 3. The van der Waals surface area contributed by atoms with Crippen molar-refractivity contribution in [2.75, 3.05) is 6.54 Å². The van der Waals surface area contributed by atoms with Crippen LogP contribution in [0, 0.1) is 13.8 Å². The van der Waals surface area contributed by atoms with Crippen LogP contribution in [0.4, 0.5) is 0 Å². The van der Waals surface area contributed by atoms with Gasteiger partial charge in [-0.1, -0.05) is 71.8 Å². The van der Waals surface area contributed by atoms with Gasteiger partial charge in [0.15, 0.2) is 11.6 Å². The van der Waals surface area contributed by atoms with Gasteiger partial charge in [0.25, 0.3) is 5.91 Å². The highest BCUT2D eigenvalue weighted by atomic mass is 35.5. The molecule has 0 aliphatic carbocycles. The highest BCUT2D eigenvalue weighted by Gasteiger charge is 2.44. The second-order valence-electron chi connectivity index (χ2n) is 9.18. The lowest BCUT2D eigenvalue weighted by Crippen LogP contribution is -2.43. The van der Waals surface area contributed by atoms with E-state index in [1.807, 2.05) is 72.5 Å². The molecule has 0 unspecified atom stereocenters. The lowest BCUT2D eigenvalue weighted by atomic mass is 9.94. The van der Waals surface area contributed by atoms with E-state index in [1.54, 1.807) is 0 Å². The number of aromatic nitrogens is 3. The molecule has 0 bridgehead atoms. The molecule has 1 atom stereocenters. The van der Waals surface area contributed by atoms with Crippen LogP contribution >= 0.6 is 11.6 Å². The average molecular weight is 471 g/mol. The summed E-state index contributed by atoms with van der Waals surface area (Å²) in [6.45, 7) is 6.76. The molecule has 1 amide bonds. The third-order valence-corrected chi connectivity index (χ3v) is 7.31. The molecule has 5 nitrogen and oxygen atoms in total. The van der Waals surface area contributed by atoms with Crippen LogP contribution in [0.15, 0.2) is 66.7 Å². The number of aryl methyl sites for hydroxylation is 1. The van der Waals surface area contributed by atoms with Crippen molar-refractivity contribution in [2.24, 2.45) is 0 Å². The molecule has 1 aliphatic heterocycles. The maximum Gasteiger partial charge on any atom is 0.255 e. The van der Waals surface area contributed by atoms with Gasteiger partial charge in [0.2, 0.25) is 0 Å². The molecule has 1 aromatic heterocycles. The first-order chi connectivity index (χ1) is 16.4. The minimum atomic E-state index is -0.576. The first kappa shape index (κ1) is 22.4. The highest BCUT2D eigenvalue weighted by Crippen LogP contribution is 2.40. The van der Waals surface area contributed by atoms with Gasteiger partial charge in [-0.3, -0.25) is 4.79 Å². The quantitative estimate of drug-likeness (QED) is 0.367. The number of benzene rings is 3. The molecule has 0 spiro atoms. The van der Waals surface area contributed by atoms with Crippen molar-refractivity contribution in [1.82, 2.24) is 20.1 Å². The van der Waals surface area contributed by atoms with Crippen molar-refractivity contribution in [2.45, 2.75) is 39.2 Å². The standard InChI is InChI=1S/C28H27ClN4O/c1-18-13-14-22(23(17-18)20-9-5-4-6-10-20)26(34)33-16-8-15-28(33,3)27-30-25(31-32-27)21-11-7-12-24(29)19(21)2/h4-7,9-14,17H,8,15-16H2,1-3H3,(H,30,31,32)/t28-/m0/s1. The first-order valence-corrected chi connectivity index (χ1v) is 11.9. The number of likely N-dealkylation sites (tertiary alicyclic amines) is 1. The second-order valence-corrected chi connectivity index (χ2v) is 9.59. The van der Waals surface area contributed by atoms with E-state index in [1.165, 1.54) is 0 Å². The lowest BCUT2D eigenvalue weighted by molar-refractivity contribution is 0.0605. The molecule has 4 aromatic rings. The van der Waals surface area contributed by atoms with E-state index >= 15 is 0 Å². The number of carbonyl (C=O) groups excluding carboxylic acids is 1. The van der Waals surface area contributed by atoms with E-state index in [-0.39, 0.29) is 5.91 Å². The molecule has 6 heteroatoms. The van der Waals surface area contributed by atoms with Crippen LogP contribution in [-0.4, -0.2) is 32.5 Å². The van der Waals surface area contributed by atoms with Gasteiger partial charge in [-0.05, 0) is 62.4 Å². The minimum absolute atomic E-state index is 0.00994. The Balaban J connectivity index is 1.52. The van der Waals surface area contributed by atoms with E-state index in [0.717, 1.165) is 40.7 Å². The number of nitrogens with zero attached hydrogens (tertiary/aromatic N) is 3. The summed E-state index contributed by atoms with van der Waals surface area (Å²) >= 11 is 6.32. The molecule has 1 N–H and O–H groups in total. The second kappa shape index (κ2) is 8.73. The van der Waals surface area contributed by atoms with Crippen LogP contribution < -0.4 is 0 Å². The summed E-state index contributed by atoms with van der Waals surface area (Å²) in [7, 11) is 0. The first-order valence-electron chi connectivity index (χ1n) is 11.6. The Bertz CT molecular complexity index is 1360. The Morgan fingerprint density at radius 2 is 1.79 bits per heavy atom. The number of nitrogens with one attached hydrogen (secondary N) is 1. The molecular weight excluding hydrogens is 444 g/mol. The normalized spacial score (nSPS) is 17.8. The molecule has 34 heavy (non-hydrogen) atoms. The van der Waals surface area contributed by atoms with Gasteiger partial charge in [0.05, 0.1) is 0 Å². The maximum absolute atomic E-state index is 14.0. The molecule has 5 rings (SSSR count). The largest absolute Gasteiger partial charge is 0.326 e. The smallest absolute Gasteiger partial charge is 0.255 e. The molecule has 2 heterocycles. The molecule has 3 aromatic carbocycles. The van der Waals surface area contributed by atoms with Crippen molar-refractivity contribution in [3.63, 3.8) is 0 Å². The summed E-state index contributed by atoms with van der Waals surface area (Å²) in [5.74, 6) is 1.37. The predicted molar refractivity (Wildman–Crippen MR) is 136 cm³/mol. The fourth-order valence-electron chi connectivity index (χ4n) is 4.87. The number of aromatic amines is 1. The number of hydrogen-bond donors (Lipinski definition) is 1. The van der Waals surface area contributed by atoms with Crippen LogP contribution in [0.2, 0.25) is 5.02 Å². The van der Waals surface area contributed by atoms with Crippen molar-refractivity contribution >= 4 is 17.5 Å². The number of carbonyl (C=O) groups is 1. The summed E-state index contributed by atoms with van der Waals surface area (Å²) in [5.41, 5.74) is 5.10. The van der Waals surface area contributed by atoms with Gasteiger partial charge in [-0.25, -0.2) is 0 Å². The van der Waals surface area contributed by atoms with Crippen molar-refractivity contribution in [1.29, 1.82) is 0 Å². The van der Waals surface area contributed by atoms with Crippen molar-refractivity contribution in [3.8, 4) is 22.5 Å². The van der Waals surface area contributed by atoms with Crippen LogP contribution in [0.3, 0.4) is 0 Å². The molecule has 1 saturated heterocycles. The number of H-pyrrole nitrogens is 1. The SMILES string of the molecule is Cc1ccc(C(=O)N2CCC[C@@]2(C)c2nnc(-c3cccc(Cl)c3C)[nH]2)c(-c2ccccc2)c1. The molecule has 0 saturated carbocycles. The lowest BCUT2D eigenvalue weighted by Gasteiger charge is -2.33. The Morgan fingerprint density at radius 1 is 1.00 bits per heavy atom. The van der Waals surface area contributed by atoms with E-state index in [2.05, 4.69) is 35.1 Å². The number of rotatable bonds is 4. The van der Waals surface area contributed by atoms with Gasteiger partial charge < -0.3 is 9.88 Å². The fraction of sp³-hybridized carbons (Fsp3) is 0.250. The number of amides is 1. The van der Waals surface area contributed by atoms with Crippen molar-refractivity contribution < 1.29 is 4.79 Å².